The summed E-state index contributed by atoms with van der Waals surface area (Å²) in [4.78, 5) is 30.0. The smallest absolute Gasteiger partial charge is 0.369 e. The number of nitrogens with zero attached hydrogens (tertiary/aromatic N) is 5. The molecule has 1 unspecified atom stereocenters. The Morgan fingerprint density at radius 2 is 1.73 bits per heavy atom. The van der Waals surface area contributed by atoms with Gasteiger partial charge in [-0.25, -0.2) is 15.0 Å². The summed E-state index contributed by atoms with van der Waals surface area (Å²) >= 11 is 0. The zero-order valence-electron chi connectivity index (χ0n) is 15.6. The first-order chi connectivity index (χ1) is 14.2. The number of benzene rings is 1. The highest BCUT2D eigenvalue weighted by Gasteiger charge is 2.50. The first kappa shape index (κ1) is 19.5. The van der Waals surface area contributed by atoms with Gasteiger partial charge in [0, 0.05) is 31.2 Å². The molecule has 3 heterocycles. The number of guanidine groups is 1. The Labute approximate surface area is 169 Å². The fraction of sp³-hybridized carbons (Fsp3) is 0.150. The van der Waals surface area contributed by atoms with Gasteiger partial charge in [0.05, 0.1) is 0 Å². The predicted molar refractivity (Wildman–Crippen MR) is 102 cm³/mol. The number of hydrogen-bond donors (Lipinski definition) is 1. The van der Waals surface area contributed by atoms with Crippen LogP contribution in [0.25, 0.3) is 11.1 Å². The van der Waals surface area contributed by atoms with Gasteiger partial charge in [-0.3, -0.25) is 14.7 Å². The SMILES string of the molecule is CN1C(=O)C(c2cccc(-c3cncnc3)c2)(c2ccnc(C(F)(F)F)c2)N=C1N. The highest BCUT2D eigenvalue weighted by atomic mass is 19.4. The molecule has 4 rings (SSSR count). The molecular weight excluding hydrogens is 397 g/mol. The summed E-state index contributed by atoms with van der Waals surface area (Å²) in [6.45, 7) is 0. The molecule has 0 aliphatic carbocycles. The third-order valence-corrected chi connectivity index (χ3v) is 4.88. The van der Waals surface area contributed by atoms with E-state index in [1.165, 1.54) is 19.4 Å². The molecule has 10 heteroatoms. The van der Waals surface area contributed by atoms with Gasteiger partial charge in [-0.1, -0.05) is 18.2 Å². The minimum absolute atomic E-state index is 0.0172. The number of nitrogens with two attached hydrogens (primary N) is 1. The van der Waals surface area contributed by atoms with E-state index in [2.05, 4.69) is 19.9 Å². The van der Waals surface area contributed by atoms with Gasteiger partial charge in [0.1, 0.15) is 12.0 Å². The van der Waals surface area contributed by atoms with Gasteiger partial charge < -0.3 is 5.73 Å². The average molecular weight is 412 g/mol. The molecule has 1 aromatic carbocycles. The molecule has 0 saturated carbocycles. The lowest BCUT2D eigenvalue weighted by Crippen LogP contribution is -2.41. The fourth-order valence-electron chi connectivity index (χ4n) is 3.37. The summed E-state index contributed by atoms with van der Waals surface area (Å²) in [6.07, 6.45) is 0.890. The maximum Gasteiger partial charge on any atom is 0.433 e. The summed E-state index contributed by atoms with van der Waals surface area (Å²) in [5.41, 5.74) is 4.73. The molecule has 0 bridgehead atoms. The monoisotopic (exact) mass is 412 g/mol. The molecule has 2 N–H and O–H groups in total. The van der Waals surface area contributed by atoms with Crippen molar-refractivity contribution in [3.05, 3.63) is 78.1 Å². The molecule has 3 aromatic rings. The quantitative estimate of drug-likeness (QED) is 0.713. The van der Waals surface area contributed by atoms with E-state index in [0.717, 1.165) is 17.2 Å². The van der Waals surface area contributed by atoms with Crippen molar-refractivity contribution in [2.24, 2.45) is 10.7 Å². The predicted octanol–water partition coefficient (Wildman–Crippen LogP) is 2.59. The number of aromatic nitrogens is 3. The Balaban J connectivity index is 1.95. The van der Waals surface area contributed by atoms with E-state index in [4.69, 9.17) is 5.73 Å². The van der Waals surface area contributed by atoms with E-state index in [-0.39, 0.29) is 11.5 Å². The average Bonchev–Trinajstić information content (AvgIpc) is 2.99. The Morgan fingerprint density at radius 3 is 2.37 bits per heavy atom. The van der Waals surface area contributed by atoms with Crippen LogP contribution in [0.3, 0.4) is 0 Å². The van der Waals surface area contributed by atoms with E-state index in [0.29, 0.717) is 16.7 Å². The van der Waals surface area contributed by atoms with Gasteiger partial charge in [0.25, 0.3) is 5.91 Å². The molecule has 1 amide bonds. The van der Waals surface area contributed by atoms with Crippen molar-refractivity contribution in [1.82, 2.24) is 19.9 Å². The number of rotatable bonds is 3. The van der Waals surface area contributed by atoms with Crippen molar-refractivity contribution in [1.29, 1.82) is 0 Å². The van der Waals surface area contributed by atoms with Crippen molar-refractivity contribution in [2.75, 3.05) is 7.05 Å². The van der Waals surface area contributed by atoms with Crippen LogP contribution in [0, 0.1) is 0 Å². The third kappa shape index (κ3) is 3.06. The Hall–Kier alpha value is -3.82. The minimum atomic E-state index is -4.68. The van der Waals surface area contributed by atoms with Gasteiger partial charge >= 0.3 is 6.18 Å². The highest BCUT2D eigenvalue weighted by Crippen LogP contribution is 2.41. The van der Waals surface area contributed by atoms with Crippen LogP contribution in [0.1, 0.15) is 16.8 Å². The molecule has 30 heavy (non-hydrogen) atoms. The lowest BCUT2D eigenvalue weighted by atomic mass is 9.82. The molecule has 0 radical (unpaired) electrons. The number of carbonyl (C=O) groups excluding carboxylic acids is 1. The number of alkyl halides is 3. The maximum absolute atomic E-state index is 13.3. The number of likely N-dealkylation sites (N-methyl/N-ethyl adjacent to an activating group) is 1. The summed E-state index contributed by atoms with van der Waals surface area (Å²) in [7, 11) is 1.42. The van der Waals surface area contributed by atoms with Crippen molar-refractivity contribution < 1.29 is 18.0 Å². The maximum atomic E-state index is 13.3. The van der Waals surface area contributed by atoms with Crippen LogP contribution in [0.5, 0.6) is 0 Å². The van der Waals surface area contributed by atoms with Crippen LogP contribution in [-0.2, 0) is 16.5 Å². The van der Waals surface area contributed by atoms with Gasteiger partial charge in [-0.05, 0) is 34.9 Å². The number of halogens is 3. The molecule has 1 aliphatic rings. The van der Waals surface area contributed by atoms with Gasteiger partial charge in [0.2, 0.25) is 0 Å². The van der Waals surface area contributed by atoms with Crippen molar-refractivity contribution in [2.45, 2.75) is 11.7 Å². The first-order valence-electron chi connectivity index (χ1n) is 8.76. The summed E-state index contributed by atoms with van der Waals surface area (Å²) in [6, 6.07) is 8.91. The molecule has 2 aromatic heterocycles. The zero-order chi connectivity index (χ0) is 21.5. The zero-order valence-corrected chi connectivity index (χ0v) is 15.6. The second-order valence-corrected chi connectivity index (χ2v) is 6.68. The topological polar surface area (TPSA) is 97.4 Å². The molecule has 0 spiro atoms. The highest BCUT2D eigenvalue weighted by molar-refractivity contribution is 6.09. The second kappa shape index (κ2) is 6.90. The summed E-state index contributed by atoms with van der Waals surface area (Å²) < 4.78 is 39.9. The second-order valence-electron chi connectivity index (χ2n) is 6.68. The van der Waals surface area contributed by atoms with Crippen molar-refractivity contribution >= 4 is 11.9 Å². The van der Waals surface area contributed by atoms with Crippen molar-refractivity contribution in [3.8, 4) is 11.1 Å². The Kier molecular flexibility index (Phi) is 4.49. The Bertz CT molecular complexity index is 1150. The van der Waals surface area contributed by atoms with Crippen LogP contribution >= 0.6 is 0 Å². The standard InChI is InChI=1S/C20H15F3N6O/c1-29-17(30)19(28-18(29)24,15-5-6-27-16(8-15)20(21,22)23)14-4-2-3-12(7-14)13-9-25-11-26-10-13/h2-11H,1H3,(H2,24,28). The van der Waals surface area contributed by atoms with Crippen LogP contribution in [0.15, 0.2) is 66.3 Å². The van der Waals surface area contributed by atoms with E-state index in [1.54, 1.807) is 36.7 Å². The number of aliphatic imine (C=N–C) groups is 1. The molecule has 7 nitrogen and oxygen atoms in total. The fourth-order valence-corrected chi connectivity index (χ4v) is 3.37. The first-order valence-corrected chi connectivity index (χ1v) is 8.76. The van der Waals surface area contributed by atoms with E-state index in [1.807, 2.05) is 0 Å². The normalized spacial score (nSPS) is 19.1. The lowest BCUT2D eigenvalue weighted by Gasteiger charge is -2.27. The van der Waals surface area contributed by atoms with E-state index in [9.17, 15) is 18.0 Å². The molecule has 0 fully saturated rings. The third-order valence-electron chi connectivity index (χ3n) is 4.88. The van der Waals surface area contributed by atoms with E-state index < -0.39 is 23.3 Å². The van der Waals surface area contributed by atoms with Crippen LogP contribution in [0.2, 0.25) is 0 Å². The Morgan fingerprint density at radius 1 is 1.03 bits per heavy atom. The van der Waals surface area contributed by atoms with Gasteiger partial charge in [-0.15, -0.1) is 0 Å². The van der Waals surface area contributed by atoms with Crippen molar-refractivity contribution in [3.63, 3.8) is 0 Å². The van der Waals surface area contributed by atoms with Crippen LogP contribution in [-0.4, -0.2) is 38.8 Å². The van der Waals surface area contributed by atoms with Gasteiger partial charge in [-0.2, -0.15) is 13.2 Å². The summed E-state index contributed by atoms with van der Waals surface area (Å²) in [5.74, 6) is -0.667. The number of hydrogen-bond acceptors (Lipinski definition) is 6. The number of pyridine rings is 1. The number of carbonyl (C=O) groups is 1. The summed E-state index contributed by atoms with van der Waals surface area (Å²) in [5, 5.41) is 0. The minimum Gasteiger partial charge on any atom is -0.369 e. The van der Waals surface area contributed by atoms with Crippen LogP contribution < -0.4 is 5.73 Å². The molecule has 1 atom stereocenters. The van der Waals surface area contributed by atoms with Crippen LogP contribution in [0.4, 0.5) is 13.2 Å². The molecule has 1 aliphatic heterocycles. The van der Waals surface area contributed by atoms with Gasteiger partial charge in [0.15, 0.2) is 11.5 Å². The molecule has 152 valence electrons. The molecular formula is C20H15F3N6O. The van der Waals surface area contributed by atoms with E-state index >= 15 is 0 Å². The lowest BCUT2D eigenvalue weighted by molar-refractivity contribution is -0.141. The number of amides is 1. The molecule has 0 saturated heterocycles. The largest absolute Gasteiger partial charge is 0.433 e.